The first-order valence-electron chi connectivity index (χ1n) is 9.46. The van der Waals surface area contributed by atoms with Crippen LogP contribution in [0.1, 0.15) is 17.1 Å². The number of benzene rings is 1. The molecule has 1 aromatic carbocycles. The van der Waals surface area contributed by atoms with Crippen LogP contribution in [0, 0.1) is 13.8 Å². The Labute approximate surface area is 179 Å². The highest BCUT2D eigenvalue weighted by molar-refractivity contribution is 7.92. The number of nitrogens with zero attached hydrogens (tertiary/aromatic N) is 4. The zero-order valence-electron chi connectivity index (χ0n) is 16.9. The van der Waals surface area contributed by atoms with Crippen molar-refractivity contribution < 1.29 is 13.2 Å². The highest BCUT2D eigenvalue weighted by atomic mass is 32.2. The first kappa shape index (κ1) is 20.5. The van der Waals surface area contributed by atoms with Gasteiger partial charge in [0.1, 0.15) is 5.65 Å². The SMILES string of the molecule is Cc1cc(C)nc(NS(=O)(=O)c2ccc(NC(=O)Cc3cn4ccccc4n3)cc2)n1. The van der Waals surface area contributed by atoms with Gasteiger partial charge in [-0.05, 0) is 56.3 Å². The van der Waals surface area contributed by atoms with Gasteiger partial charge in [-0.3, -0.25) is 4.79 Å². The topological polar surface area (TPSA) is 118 Å². The largest absolute Gasteiger partial charge is 0.326 e. The molecule has 1 amide bonds. The van der Waals surface area contributed by atoms with Gasteiger partial charge in [-0.25, -0.2) is 28.1 Å². The van der Waals surface area contributed by atoms with E-state index in [0.717, 1.165) is 5.65 Å². The summed E-state index contributed by atoms with van der Waals surface area (Å²) < 4.78 is 29.4. The summed E-state index contributed by atoms with van der Waals surface area (Å²) in [5.74, 6) is -0.233. The van der Waals surface area contributed by atoms with E-state index < -0.39 is 10.0 Å². The third-order valence-corrected chi connectivity index (χ3v) is 5.76. The van der Waals surface area contributed by atoms with Crippen LogP contribution in [0.25, 0.3) is 5.65 Å². The number of aryl methyl sites for hydroxylation is 2. The van der Waals surface area contributed by atoms with E-state index in [1.807, 2.05) is 28.8 Å². The van der Waals surface area contributed by atoms with Gasteiger partial charge in [0.25, 0.3) is 10.0 Å². The monoisotopic (exact) mass is 436 g/mol. The lowest BCUT2D eigenvalue weighted by Crippen LogP contribution is -2.16. The van der Waals surface area contributed by atoms with Crippen LogP contribution in [0.4, 0.5) is 11.6 Å². The third kappa shape index (κ3) is 4.86. The van der Waals surface area contributed by atoms with Crippen LogP contribution in [0.2, 0.25) is 0 Å². The number of carbonyl (C=O) groups is 1. The molecule has 0 radical (unpaired) electrons. The van der Waals surface area contributed by atoms with Gasteiger partial charge in [-0.15, -0.1) is 0 Å². The second-order valence-corrected chi connectivity index (χ2v) is 8.71. The Morgan fingerprint density at radius 1 is 1.00 bits per heavy atom. The summed E-state index contributed by atoms with van der Waals surface area (Å²) >= 11 is 0. The lowest BCUT2D eigenvalue weighted by molar-refractivity contribution is -0.115. The Hall–Kier alpha value is -3.79. The third-order valence-electron chi connectivity index (χ3n) is 4.41. The smallest absolute Gasteiger partial charge is 0.264 e. The van der Waals surface area contributed by atoms with Crippen molar-refractivity contribution in [3.63, 3.8) is 0 Å². The number of hydrogen-bond donors (Lipinski definition) is 2. The number of carbonyl (C=O) groups excluding carboxylic acids is 1. The van der Waals surface area contributed by atoms with E-state index in [0.29, 0.717) is 22.8 Å². The standard InChI is InChI=1S/C21H20N6O3S/c1-14-11-15(2)23-21(22-14)26-31(29,30)18-8-6-16(7-9-18)25-20(28)12-17-13-27-10-4-3-5-19(27)24-17/h3-11,13H,12H2,1-2H3,(H,25,28)(H,22,23,26). The number of pyridine rings is 1. The van der Waals surface area contributed by atoms with Crippen molar-refractivity contribution in [2.75, 3.05) is 10.0 Å². The maximum absolute atomic E-state index is 12.6. The fourth-order valence-electron chi connectivity index (χ4n) is 3.11. The van der Waals surface area contributed by atoms with Crippen LogP contribution in [-0.4, -0.2) is 33.7 Å². The Morgan fingerprint density at radius 2 is 1.71 bits per heavy atom. The molecule has 3 aromatic heterocycles. The molecule has 31 heavy (non-hydrogen) atoms. The minimum absolute atomic E-state index is 0.0160. The highest BCUT2D eigenvalue weighted by Crippen LogP contribution is 2.17. The first-order valence-corrected chi connectivity index (χ1v) is 10.9. The van der Waals surface area contributed by atoms with Gasteiger partial charge in [0.2, 0.25) is 11.9 Å². The molecule has 0 atom stereocenters. The maximum Gasteiger partial charge on any atom is 0.264 e. The highest BCUT2D eigenvalue weighted by Gasteiger charge is 2.16. The Balaban J connectivity index is 1.42. The zero-order chi connectivity index (χ0) is 22.0. The predicted molar refractivity (Wildman–Crippen MR) is 116 cm³/mol. The minimum Gasteiger partial charge on any atom is -0.326 e. The second-order valence-electron chi connectivity index (χ2n) is 7.03. The molecule has 158 valence electrons. The van der Waals surface area contributed by atoms with Crippen molar-refractivity contribution in [1.82, 2.24) is 19.4 Å². The van der Waals surface area contributed by atoms with E-state index in [-0.39, 0.29) is 23.2 Å². The molecular weight excluding hydrogens is 416 g/mol. The fourth-order valence-corrected chi connectivity index (χ4v) is 4.05. The normalized spacial score (nSPS) is 11.4. The summed E-state index contributed by atoms with van der Waals surface area (Å²) in [6.07, 6.45) is 3.76. The van der Waals surface area contributed by atoms with Crippen LogP contribution in [0.3, 0.4) is 0 Å². The van der Waals surface area contributed by atoms with Crippen molar-refractivity contribution in [2.45, 2.75) is 25.2 Å². The number of sulfonamides is 1. The maximum atomic E-state index is 12.6. The van der Waals surface area contributed by atoms with Crippen LogP contribution >= 0.6 is 0 Å². The fraction of sp³-hybridized carbons (Fsp3) is 0.143. The molecule has 0 unspecified atom stereocenters. The molecule has 0 saturated carbocycles. The molecule has 4 aromatic rings. The lowest BCUT2D eigenvalue weighted by Gasteiger charge is -2.09. The van der Waals surface area contributed by atoms with E-state index in [1.54, 1.807) is 26.1 Å². The van der Waals surface area contributed by atoms with Crippen LogP contribution in [-0.2, 0) is 21.2 Å². The van der Waals surface area contributed by atoms with Gasteiger partial charge in [-0.1, -0.05) is 6.07 Å². The average Bonchev–Trinajstić information content (AvgIpc) is 3.09. The average molecular weight is 436 g/mol. The Kier molecular flexibility index (Phi) is 5.38. The quantitative estimate of drug-likeness (QED) is 0.480. The van der Waals surface area contributed by atoms with E-state index >= 15 is 0 Å². The summed E-state index contributed by atoms with van der Waals surface area (Å²) in [6.45, 7) is 3.52. The van der Waals surface area contributed by atoms with E-state index in [4.69, 9.17) is 0 Å². The molecule has 0 aliphatic rings. The molecule has 0 spiro atoms. The number of fused-ring (bicyclic) bond motifs is 1. The van der Waals surface area contributed by atoms with Gasteiger partial charge in [0.05, 0.1) is 17.0 Å². The van der Waals surface area contributed by atoms with Gasteiger partial charge in [0, 0.05) is 29.5 Å². The number of amides is 1. The Morgan fingerprint density at radius 3 is 2.39 bits per heavy atom. The number of rotatable bonds is 6. The van der Waals surface area contributed by atoms with E-state index in [2.05, 4.69) is 25.0 Å². The molecule has 0 saturated heterocycles. The number of nitrogens with one attached hydrogen (secondary N) is 2. The van der Waals surface area contributed by atoms with Crippen LogP contribution in [0.15, 0.2) is 65.8 Å². The predicted octanol–water partition coefficient (Wildman–Crippen LogP) is 2.72. The molecular formula is C21H20N6O3S. The first-order chi connectivity index (χ1) is 14.8. The van der Waals surface area contributed by atoms with E-state index in [9.17, 15) is 13.2 Å². The number of imidazole rings is 1. The summed E-state index contributed by atoms with van der Waals surface area (Å²) in [7, 11) is -3.86. The molecule has 2 N–H and O–H groups in total. The van der Waals surface area contributed by atoms with Gasteiger partial charge >= 0.3 is 0 Å². The summed E-state index contributed by atoms with van der Waals surface area (Å²) in [5.41, 5.74) is 3.21. The summed E-state index contributed by atoms with van der Waals surface area (Å²) in [5, 5.41) is 2.75. The number of aromatic nitrogens is 4. The summed E-state index contributed by atoms with van der Waals surface area (Å²) in [6, 6.07) is 13.2. The number of anilines is 2. The molecule has 0 aliphatic heterocycles. The molecule has 3 heterocycles. The second kappa shape index (κ2) is 8.15. The van der Waals surface area contributed by atoms with Gasteiger partial charge in [-0.2, -0.15) is 0 Å². The molecule has 0 fully saturated rings. The van der Waals surface area contributed by atoms with Crippen molar-refractivity contribution >= 4 is 33.2 Å². The van der Waals surface area contributed by atoms with Gasteiger partial charge < -0.3 is 9.72 Å². The zero-order valence-corrected chi connectivity index (χ0v) is 17.7. The Bertz CT molecular complexity index is 1310. The van der Waals surface area contributed by atoms with Crippen molar-refractivity contribution in [3.8, 4) is 0 Å². The van der Waals surface area contributed by atoms with Gasteiger partial charge in [0.15, 0.2) is 0 Å². The molecule has 0 bridgehead atoms. The summed E-state index contributed by atoms with van der Waals surface area (Å²) in [4.78, 5) is 25.0. The lowest BCUT2D eigenvalue weighted by atomic mass is 10.3. The molecule has 9 nitrogen and oxygen atoms in total. The molecule has 4 rings (SSSR count). The molecule has 10 heteroatoms. The van der Waals surface area contributed by atoms with E-state index in [1.165, 1.54) is 24.3 Å². The van der Waals surface area contributed by atoms with Crippen molar-refractivity contribution in [3.05, 3.63) is 78.0 Å². The van der Waals surface area contributed by atoms with Crippen LogP contribution < -0.4 is 10.0 Å². The van der Waals surface area contributed by atoms with Crippen molar-refractivity contribution in [2.24, 2.45) is 0 Å². The molecule has 0 aliphatic carbocycles. The van der Waals surface area contributed by atoms with Crippen molar-refractivity contribution in [1.29, 1.82) is 0 Å². The number of hydrogen-bond acceptors (Lipinski definition) is 6. The minimum atomic E-state index is -3.86. The van der Waals surface area contributed by atoms with Crippen LogP contribution in [0.5, 0.6) is 0 Å².